The molecule has 1 saturated carbocycles. The van der Waals surface area contributed by atoms with Crippen LogP contribution in [0.2, 0.25) is 0 Å². The van der Waals surface area contributed by atoms with Gasteiger partial charge >= 0.3 is 0 Å². The summed E-state index contributed by atoms with van der Waals surface area (Å²) in [5.74, 6) is 1.12. The molecule has 0 aromatic heterocycles. The van der Waals surface area contributed by atoms with Gasteiger partial charge < -0.3 is 14.2 Å². The van der Waals surface area contributed by atoms with Crippen LogP contribution in [0.3, 0.4) is 0 Å². The molecule has 7 heteroatoms. The van der Waals surface area contributed by atoms with Gasteiger partial charge in [-0.15, -0.1) is 0 Å². The summed E-state index contributed by atoms with van der Waals surface area (Å²) in [6.07, 6.45) is 2.74. The first-order chi connectivity index (χ1) is 11.1. The van der Waals surface area contributed by atoms with Gasteiger partial charge in [0.05, 0.1) is 20.8 Å². The van der Waals surface area contributed by atoms with E-state index in [4.69, 9.17) is 14.2 Å². The van der Waals surface area contributed by atoms with E-state index >= 15 is 0 Å². The lowest BCUT2D eigenvalue weighted by Gasteiger charge is -2.25. The van der Waals surface area contributed by atoms with Crippen LogP contribution in [-0.4, -0.2) is 52.7 Å². The fraction of sp³-hybridized carbons (Fsp3) is 0.625. The Bertz CT molecular complexity index is 650. The molecule has 0 amide bonds. The van der Waals surface area contributed by atoms with E-state index in [1.165, 1.54) is 20.3 Å². The maximum atomic E-state index is 13.2. The Morgan fingerprint density at radius 3 is 2.57 bits per heavy atom. The van der Waals surface area contributed by atoms with Gasteiger partial charge in [0.2, 0.25) is 10.0 Å². The van der Waals surface area contributed by atoms with Crippen molar-refractivity contribution in [3.8, 4) is 11.5 Å². The van der Waals surface area contributed by atoms with Crippen LogP contribution < -0.4 is 9.47 Å². The highest BCUT2D eigenvalue weighted by Crippen LogP contribution is 2.37. The van der Waals surface area contributed by atoms with Crippen LogP contribution in [0.5, 0.6) is 11.5 Å². The van der Waals surface area contributed by atoms with Crippen molar-refractivity contribution in [2.75, 3.05) is 34.0 Å². The van der Waals surface area contributed by atoms with E-state index in [0.717, 1.165) is 19.3 Å². The minimum Gasteiger partial charge on any atom is -0.497 e. The Morgan fingerprint density at radius 1 is 1.22 bits per heavy atom. The summed E-state index contributed by atoms with van der Waals surface area (Å²) < 4.78 is 43.9. The third-order valence-corrected chi connectivity index (χ3v) is 6.31. The zero-order valence-corrected chi connectivity index (χ0v) is 14.3. The lowest BCUT2D eigenvalue weighted by atomic mass is 10.1. The Hall–Kier alpha value is -1.31. The quantitative estimate of drug-likeness (QED) is 0.758. The molecule has 23 heavy (non-hydrogen) atoms. The molecule has 6 nitrogen and oxygen atoms in total. The maximum Gasteiger partial charge on any atom is 0.247 e. The average Bonchev–Trinajstić information content (AvgIpc) is 3.27. The number of hydrogen-bond donors (Lipinski definition) is 0. The molecule has 1 aliphatic heterocycles. The molecule has 3 rings (SSSR count). The summed E-state index contributed by atoms with van der Waals surface area (Å²) in [6.45, 7) is 1.85. The van der Waals surface area contributed by atoms with Gasteiger partial charge in [-0.3, -0.25) is 0 Å². The topological polar surface area (TPSA) is 65.1 Å². The van der Waals surface area contributed by atoms with Crippen LogP contribution in [0.25, 0.3) is 0 Å². The van der Waals surface area contributed by atoms with Gasteiger partial charge in [-0.2, -0.15) is 4.31 Å². The minimum atomic E-state index is -3.63. The highest BCUT2D eigenvalue weighted by Gasteiger charge is 2.41. The molecule has 0 radical (unpaired) electrons. The summed E-state index contributed by atoms with van der Waals surface area (Å²) in [5.41, 5.74) is 0. The van der Waals surface area contributed by atoms with E-state index in [0.29, 0.717) is 31.3 Å². The zero-order chi connectivity index (χ0) is 16.4. The molecule has 1 saturated heterocycles. The summed E-state index contributed by atoms with van der Waals surface area (Å²) in [7, 11) is -0.628. The van der Waals surface area contributed by atoms with E-state index in [9.17, 15) is 8.42 Å². The van der Waals surface area contributed by atoms with E-state index in [1.807, 2.05) is 0 Å². The lowest BCUT2D eigenvalue weighted by molar-refractivity contribution is 0.180. The Labute approximate surface area is 137 Å². The van der Waals surface area contributed by atoms with Crippen molar-refractivity contribution in [1.82, 2.24) is 4.31 Å². The van der Waals surface area contributed by atoms with Gasteiger partial charge in [0.15, 0.2) is 0 Å². The van der Waals surface area contributed by atoms with Crippen molar-refractivity contribution in [3.63, 3.8) is 0 Å². The zero-order valence-electron chi connectivity index (χ0n) is 13.5. The van der Waals surface area contributed by atoms with Crippen molar-refractivity contribution in [3.05, 3.63) is 18.2 Å². The van der Waals surface area contributed by atoms with Crippen LogP contribution in [0.4, 0.5) is 0 Å². The van der Waals surface area contributed by atoms with Gasteiger partial charge in [0.25, 0.3) is 0 Å². The van der Waals surface area contributed by atoms with E-state index in [1.54, 1.807) is 16.4 Å². The molecule has 0 N–H and O–H groups in total. The van der Waals surface area contributed by atoms with Crippen molar-refractivity contribution in [1.29, 1.82) is 0 Å². The van der Waals surface area contributed by atoms with E-state index in [-0.39, 0.29) is 16.9 Å². The molecular weight excluding hydrogens is 318 g/mol. The Kier molecular flexibility index (Phi) is 4.79. The fourth-order valence-corrected chi connectivity index (χ4v) is 4.83. The number of rotatable bonds is 7. The van der Waals surface area contributed by atoms with Crippen LogP contribution in [-0.2, 0) is 14.8 Å². The third-order valence-electron chi connectivity index (χ3n) is 4.37. The molecule has 1 unspecified atom stereocenters. The SMILES string of the molecule is COc1ccc(OC)c(S(=O)(=O)N(CC2CCOC2)C2CC2)c1. The molecule has 1 heterocycles. The fourth-order valence-electron chi connectivity index (χ4n) is 2.90. The largest absolute Gasteiger partial charge is 0.497 e. The highest BCUT2D eigenvalue weighted by molar-refractivity contribution is 7.89. The van der Waals surface area contributed by atoms with Crippen LogP contribution in [0.1, 0.15) is 19.3 Å². The molecule has 128 valence electrons. The van der Waals surface area contributed by atoms with Gasteiger partial charge in [0, 0.05) is 25.3 Å². The van der Waals surface area contributed by atoms with Crippen LogP contribution >= 0.6 is 0 Å². The number of nitrogens with zero attached hydrogens (tertiary/aromatic N) is 1. The number of sulfonamides is 1. The second kappa shape index (κ2) is 6.67. The average molecular weight is 341 g/mol. The Morgan fingerprint density at radius 2 is 2.00 bits per heavy atom. The van der Waals surface area contributed by atoms with Gasteiger partial charge in [-0.25, -0.2) is 8.42 Å². The molecular formula is C16H23NO5S. The highest BCUT2D eigenvalue weighted by atomic mass is 32.2. The predicted octanol–water partition coefficient (Wildman–Crippen LogP) is 1.89. The maximum absolute atomic E-state index is 13.2. The first-order valence-corrected chi connectivity index (χ1v) is 9.32. The second-order valence-corrected chi connectivity index (χ2v) is 7.91. The first-order valence-electron chi connectivity index (χ1n) is 7.88. The molecule has 1 aromatic rings. The molecule has 1 atom stereocenters. The number of benzene rings is 1. The monoisotopic (exact) mass is 341 g/mol. The van der Waals surface area contributed by atoms with Crippen LogP contribution in [0.15, 0.2) is 23.1 Å². The van der Waals surface area contributed by atoms with Crippen molar-refractivity contribution in [2.24, 2.45) is 5.92 Å². The van der Waals surface area contributed by atoms with Gasteiger partial charge in [0.1, 0.15) is 16.4 Å². The summed E-state index contributed by atoms with van der Waals surface area (Å²) in [4.78, 5) is 0.171. The predicted molar refractivity (Wildman–Crippen MR) is 85.4 cm³/mol. The second-order valence-electron chi connectivity index (χ2n) is 6.05. The van der Waals surface area contributed by atoms with Crippen molar-refractivity contribution >= 4 is 10.0 Å². The summed E-state index contributed by atoms with van der Waals surface area (Å²) in [5, 5.41) is 0. The standard InChI is InChI=1S/C16H23NO5S/c1-20-14-5-6-15(21-2)16(9-14)23(18,19)17(13-3-4-13)10-12-7-8-22-11-12/h5-6,9,12-13H,3-4,7-8,10-11H2,1-2H3. The number of hydrogen-bond acceptors (Lipinski definition) is 5. The molecule has 2 aliphatic rings. The normalized spacial score (nSPS) is 21.6. The number of ether oxygens (including phenoxy) is 3. The lowest BCUT2D eigenvalue weighted by Crippen LogP contribution is -2.37. The smallest absolute Gasteiger partial charge is 0.247 e. The molecule has 2 fully saturated rings. The van der Waals surface area contributed by atoms with Crippen molar-refractivity contribution in [2.45, 2.75) is 30.2 Å². The summed E-state index contributed by atoms with van der Waals surface area (Å²) in [6, 6.07) is 4.96. The first kappa shape index (κ1) is 16.5. The molecule has 1 aromatic carbocycles. The van der Waals surface area contributed by atoms with E-state index < -0.39 is 10.0 Å². The molecule has 1 aliphatic carbocycles. The van der Waals surface area contributed by atoms with Gasteiger partial charge in [-0.1, -0.05) is 0 Å². The molecule has 0 bridgehead atoms. The van der Waals surface area contributed by atoms with Gasteiger partial charge in [-0.05, 0) is 37.3 Å². The molecule has 0 spiro atoms. The van der Waals surface area contributed by atoms with E-state index in [2.05, 4.69) is 0 Å². The third kappa shape index (κ3) is 3.46. The van der Waals surface area contributed by atoms with Crippen LogP contribution in [0, 0.1) is 5.92 Å². The minimum absolute atomic E-state index is 0.0940. The van der Waals surface area contributed by atoms with Crippen molar-refractivity contribution < 1.29 is 22.6 Å². The summed E-state index contributed by atoms with van der Waals surface area (Å²) >= 11 is 0. The number of methoxy groups -OCH3 is 2. The Balaban J connectivity index is 1.94.